The highest BCUT2D eigenvalue weighted by Crippen LogP contribution is 2.05. The maximum atomic E-state index is 11.4. The highest BCUT2D eigenvalue weighted by Gasteiger charge is 2.31. The van der Waals surface area contributed by atoms with E-state index in [0.29, 0.717) is 0 Å². The average Bonchev–Trinajstić information content (AvgIpc) is 2.42. The minimum absolute atomic E-state index is 0.270. The molecule has 0 aromatic rings. The van der Waals surface area contributed by atoms with Crippen LogP contribution in [0.5, 0.6) is 0 Å². The van der Waals surface area contributed by atoms with Gasteiger partial charge in [-0.25, -0.2) is 9.59 Å². The van der Waals surface area contributed by atoms with E-state index in [4.69, 9.17) is 0 Å². The van der Waals surface area contributed by atoms with Gasteiger partial charge in [-0.05, 0) is 6.08 Å². The minimum Gasteiger partial charge on any atom is -0.277 e. The number of barbiturate groups is 2. The minimum atomic E-state index is -1.16. The van der Waals surface area contributed by atoms with Crippen LogP contribution in [0.4, 0.5) is 9.59 Å². The lowest BCUT2D eigenvalue weighted by molar-refractivity contribution is -0.134. The van der Waals surface area contributed by atoms with Crippen LogP contribution in [0.1, 0.15) is 0 Å². The molecule has 23 heavy (non-hydrogen) atoms. The molecule has 4 N–H and O–H groups in total. The van der Waals surface area contributed by atoms with Crippen LogP contribution >= 0.6 is 0 Å². The predicted octanol–water partition coefficient (Wildman–Crippen LogP) is -1.63. The Labute approximate surface area is 128 Å². The topological polar surface area (TPSA) is 151 Å². The van der Waals surface area contributed by atoms with Gasteiger partial charge in [0.15, 0.2) is 0 Å². The first-order valence-electron chi connectivity index (χ1n) is 6.26. The summed E-state index contributed by atoms with van der Waals surface area (Å²) >= 11 is 0. The van der Waals surface area contributed by atoms with Crippen molar-refractivity contribution in [3.8, 4) is 0 Å². The van der Waals surface area contributed by atoms with Crippen molar-refractivity contribution in [2.75, 3.05) is 0 Å². The van der Waals surface area contributed by atoms with Crippen LogP contribution < -0.4 is 21.3 Å². The lowest BCUT2D eigenvalue weighted by Gasteiger charge is -2.17. The first kappa shape index (κ1) is 15.8. The summed E-state index contributed by atoms with van der Waals surface area (Å²) in [5.41, 5.74) is -0.270. The number of rotatable bonds is 3. The van der Waals surface area contributed by atoms with Gasteiger partial charge in [-0.3, -0.25) is 40.4 Å². The highest BCUT2D eigenvalue weighted by atomic mass is 16.2. The quantitative estimate of drug-likeness (QED) is 0.212. The number of amides is 8. The summed E-state index contributed by atoms with van der Waals surface area (Å²) in [5.74, 6) is -4.35. The van der Waals surface area contributed by atoms with Gasteiger partial charge in [0.1, 0.15) is 11.5 Å². The van der Waals surface area contributed by atoms with Crippen molar-refractivity contribution in [1.82, 2.24) is 21.3 Å². The van der Waals surface area contributed by atoms with Crippen LogP contribution in [-0.2, 0) is 19.2 Å². The molecule has 10 heteroatoms. The van der Waals surface area contributed by atoms with Crippen LogP contribution in [-0.4, -0.2) is 35.7 Å². The molecule has 8 amide bonds. The van der Waals surface area contributed by atoms with Gasteiger partial charge in [-0.2, -0.15) is 0 Å². The maximum Gasteiger partial charge on any atom is 0.328 e. The van der Waals surface area contributed by atoms with E-state index in [1.165, 1.54) is 24.3 Å². The van der Waals surface area contributed by atoms with Gasteiger partial charge in [0, 0.05) is 0 Å². The maximum absolute atomic E-state index is 11.4. The molecule has 0 aromatic carbocycles. The second-order valence-electron chi connectivity index (χ2n) is 4.37. The van der Waals surface area contributed by atoms with E-state index in [9.17, 15) is 28.8 Å². The summed E-state index contributed by atoms with van der Waals surface area (Å²) in [4.78, 5) is 67.3. The monoisotopic (exact) mass is 318 g/mol. The molecule has 2 saturated heterocycles. The van der Waals surface area contributed by atoms with Gasteiger partial charge in [0.25, 0.3) is 11.8 Å². The zero-order valence-corrected chi connectivity index (χ0v) is 11.4. The number of carbonyl (C=O) groups excluding carboxylic acids is 6. The number of imide groups is 4. The molecule has 2 fully saturated rings. The second kappa shape index (κ2) is 6.47. The van der Waals surface area contributed by atoms with Gasteiger partial charge in [-0.15, -0.1) is 0 Å². The predicted molar refractivity (Wildman–Crippen MR) is 73.2 cm³/mol. The van der Waals surface area contributed by atoms with Crippen LogP contribution in [0.3, 0.4) is 0 Å². The summed E-state index contributed by atoms with van der Waals surface area (Å²) in [6, 6.07) is -1.78. The molecule has 2 rings (SSSR count). The second-order valence-corrected chi connectivity index (χ2v) is 4.37. The van der Waals surface area contributed by atoms with Gasteiger partial charge in [-0.1, -0.05) is 24.3 Å². The lowest BCUT2D eigenvalue weighted by atomic mass is 10.1. The number of urea groups is 2. The summed E-state index contributed by atoms with van der Waals surface area (Å²) in [5, 5.41) is 7.67. The first-order valence-corrected chi connectivity index (χ1v) is 6.26. The fraction of sp³-hybridized carbons (Fsp3) is 0.0769. The summed E-state index contributed by atoms with van der Waals surface area (Å²) in [6.07, 6.45) is 6.40. The Hall–Kier alpha value is -3.56. The molecular weight excluding hydrogens is 308 g/mol. The Kier molecular flexibility index (Phi) is 4.45. The van der Waals surface area contributed by atoms with Gasteiger partial charge < -0.3 is 0 Å². The molecule has 0 aliphatic carbocycles. The van der Waals surface area contributed by atoms with Crippen LogP contribution in [0.25, 0.3) is 0 Å². The van der Waals surface area contributed by atoms with Crippen molar-refractivity contribution in [2.24, 2.45) is 5.92 Å². The van der Waals surface area contributed by atoms with Gasteiger partial charge in [0.05, 0.1) is 0 Å². The molecule has 2 aliphatic rings. The fourth-order valence-electron chi connectivity index (χ4n) is 1.72. The average molecular weight is 318 g/mol. The van der Waals surface area contributed by atoms with E-state index >= 15 is 0 Å². The first-order chi connectivity index (χ1) is 10.9. The molecule has 0 spiro atoms. The van der Waals surface area contributed by atoms with E-state index in [1.807, 2.05) is 21.3 Å². The molecule has 2 heterocycles. The van der Waals surface area contributed by atoms with Crippen molar-refractivity contribution in [3.05, 3.63) is 36.0 Å². The van der Waals surface area contributed by atoms with Gasteiger partial charge >= 0.3 is 12.1 Å². The largest absolute Gasteiger partial charge is 0.328 e. The molecular formula is C13H10N4O6. The molecule has 0 aromatic heterocycles. The number of carbonyl (C=O) groups is 6. The third kappa shape index (κ3) is 3.75. The van der Waals surface area contributed by atoms with E-state index in [-0.39, 0.29) is 5.57 Å². The molecule has 10 nitrogen and oxygen atoms in total. The van der Waals surface area contributed by atoms with Crippen molar-refractivity contribution in [2.45, 2.75) is 0 Å². The molecule has 0 radical (unpaired) electrons. The molecule has 0 bridgehead atoms. The van der Waals surface area contributed by atoms with Crippen molar-refractivity contribution < 1.29 is 28.8 Å². The summed E-state index contributed by atoms with van der Waals surface area (Å²) < 4.78 is 0. The summed E-state index contributed by atoms with van der Waals surface area (Å²) in [6.45, 7) is 0. The molecule has 0 saturated carbocycles. The molecule has 0 atom stereocenters. The smallest absolute Gasteiger partial charge is 0.277 e. The fourth-order valence-corrected chi connectivity index (χ4v) is 1.72. The third-order valence-corrected chi connectivity index (χ3v) is 2.77. The Morgan fingerprint density at radius 1 is 0.652 bits per heavy atom. The van der Waals surface area contributed by atoms with Gasteiger partial charge in [0.2, 0.25) is 11.8 Å². The number of hydrogen-bond donors (Lipinski definition) is 4. The van der Waals surface area contributed by atoms with E-state index in [0.717, 1.165) is 6.08 Å². The number of hydrogen-bond acceptors (Lipinski definition) is 6. The Morgan fingerprint density at radius 3 is 1.74 bits per heavy atom. The molecule has 2 aliphatic heterocycles. The van der Waals surface area contributed by atoms with Crippen LogP contribution in [0.15, 0.2) is 36.0 Å². The van der Waals surface area contributed by atoms with Crippen LogP contribution in [0, 0.1) is 5.92 Å². The normalized spacial score (nSPS) is 19.7. The number of allylic oxidation sites excluding steroid dienone is 4. The summed E-state index contributed by atoms with van der Waals surface area (Å²) in [7, 11) is 0. The molecule has 118 valence electrons. The zero-order valence-electron chi connectivity index (χ0n) is 11.4. The zero-order chi connectivity index (χ0) is 17.0. The highest BCUT2D eigenvalue weighted by molar-refractivity contribution is 6.29. The number of nitrogens with one attached hydrogen (secondary N) is 4. The SMILES string of the molecule is O=C1NC(=O)C(=CC=CC=CC2C(=O)NC(=O)NC2=O)C(=O)N1. The standard InChI is InChI=1S/C13H10N4O6/c18-8-6(9(19)15-12(22)14-8)4-2-1-3-5-7-10(20)16-13(23)17-11(7)21/h1-6H,(H2,14,15,18,19,22)(H2,16,17,20,21,23). The third-order valence-electron chi connectivity index (χ3n) is 2.77. The van der Waals surface area contributed by atoms with E-state index in [2.05, 4.69) is 0 Å². The Morgan fingerprint density at radius 2 is 1.17 bits per heavy atom. The Bertz CT molecular complexity index is 676. The van der Waals surface area contributed by atoms with E-state index in [1.54, 1.807) is 0 Å². The van der Waals surface area contributed by atoms with Crippen molar-refractivity contribution in [1.29, 1.82) is 0 Å². The lowest BCUT2D eigenvalue weighted by Crippen LogP contribution is -2.55. The van der Waals surface area contributed by atoms with Crippen LogP contribution in [0.2, 0.25) is 0 Å². The Balaban J connectivity index is 2.00. The molecule has 0 unspecified atom stereocenters. The van der Waals surface area contributed by atoms with Crippen molar-refractivity contribution in [3.63, 3.8) is 0 Å². The van der Waals surface area contributed by atoms with Crippen molar-refractivity contribution >= 4 is 35.7 Å². The van der Waals surface area contributed by atoms with E-state index < -0.39 is 41.6 Å².